The van der Waals surface area contributed by atoms with Crippen molar-refractivity contribution >= 4 is 11.5 Å². The highest BCUT2D eigenvalue weighted by Gasteiger charge is 2.42. The predicted octanol–water partition coefficient (Wildman–Crippen LogP) is 5.00. The molecule has 1 amide bonds. The third-order valence-corrected chi connectivity index (χ3v) is 5.66. The average molecular weight is 428 g/mol. The number of carbonyl (C=O) groups is 1. The van der Waals surface area contributed by atoms with Crippen LogP contribution in [-0.2, 0) is 16.0 Å². The van der Waals surface area contributed by atoms with Crippen LogP contribution >= 0.6 is 0 Å². The largest absolute Gasteiger partial charge is 0.497 e. The number of ether oxygens (including phenoxy) is 2. The highest BCUT2D eigenvalue weighted by Crippen LogP contribution is 2.33. The molecular formula is C25H37N3O3. The van der Waals surface area contributed by atoms with Gasteiger partial charge in [0.05, 0.1) is 31.0 Å². The summed E-state index contributed by atoms with van der Waals surface area (Å²) >= 11 is 0. The Labute approximate surface area is 186 Å². The van der Waals surface area contributed by atoms with Crippen molar-refractivity contribution in [1.82, 2.24) is 14.7 Å². The van der Waals surface area contributed by atoms with Gasteiger partial charge in [-0.25, -0.2) is 0 Å². The Kier molecular flexibility index (Phi) is 8.45. The lowest BCUT2D eigenvalue weighted by Gasteiger charge is -2.45. The van der Waals surface area contributed by atoms with Gasteiger partial charge in [0, 0.05) is 13.2 Å². The molecule has 0 N–H and O–H groups in total. The summed E-state index contributed by atoms with van der Waals surface area (Å²) in [5.74, 6) is 0.737. The number of amides is 1. The van der Waals surface area contributed by atoms with E-state index in [1.165, 1.54) is 0 Å². The van der Waals surface area contributed by atoms with Gasteiger partial charge in [-0.3, -0.25) is 9.48 Å². The second kappa shape index (κ2) is 10.6. The molecule has 170 valence electrons. The second-order valence-electron chi connectivity index (χ2n) is 8.48. The second-order valence-corrected chi connectivity index (χ2v) is 8.48. The van der Waals surface area contributed by atoms with Crippen molar-refractivity contribution in [3.8, 4) is 0 Å². The van der Waals surface area contributed by atoms with Crippen LogP contribution in [0.4, 0.5) is 0 Å². The minimum atomic E-state index is -0.488. The molecule has 2 rings (SSSR count). The minimum Gasteiger partial charge on any atom is -0.497 e. The third-order valence-electron chi connectivity index (χ3n) is 5.66. The van der Waals surface area contributed by atoms with E-state index in [2.05, 4.69) is 13.5 Å². The first kappa shape index (κ1) is 24.7. The lowest BCUT2D eigenvalue weighted by Crippen LogP contribution is -2.57. The standard InChI is InChI=1S/C25H37N3O3/c1-9-11-21(30-8)13-12-20(6)22-16-23-24(29)27(14-10-15-31-19(4)5)25(7,18(2)3)17-28(23)26-22/h9,11-13,16,19H,2,10,14-15,17H2,1,3-8H3/b11-9-,20-12+,21-13+. The molecular weight excluding hydrogens is 390 g/mol. The van der Waals surface area contributed by atoms with Gasteiger partial charge in [-0.2, -0.15) is 5.10 Å². The first-order valence-electron chi connectivity index (χ1n) is 10.9. The van der Waals surface area contributed by atoms with E-state index in [1.54, 1.807) is 7.11 Å². The zero-order valence-corrected chi connectivity index (χ0v) is 20.1. The molecule has 1 atom stereocenters. The molecule has 1 aliphatic rings. The van der Waals surface area contributed by atoms with Crippen molar-refractivity contribution in [1.29, 1.82) is 0 Å². The summed E-state index contributed by atoms with van der Waals surface area (Å²) in [6.07, 6.45) is 8.63. The molecule has 0 bridgehead atoms. The fourth-order valence-corrected chi connectivity index (χ4v) is 3.55. The summed E-state index contributed by atoms with van der Waals surface area (Å²) in [5.41, 5.74) is 2.81. The number of nitrogens with zero attached hydrogens (tertiary/aromatic N) is 3. The van der Waals surface area contributed by atoms with Crippen molar-refractivity contribution in [2.75, 3.05) is 20.3 Å². The Morgan fingerprint density at radius 1 is 1.35 bits per heavy atom. The number of fused-ring (bicyclic) bond motifs is 1. The maximum atomic E-state index is 13.4. The Bertz CT molecular complexity index is 892. The minimum absolute atomic E-state index is 0.0186. The van der Waals surface area contributed by atoms with E-state index in [-0.39, 0.29) is 12.0 Å². The van der Waals surface area contributed by atoms with Crippen molar-refractivity contribution in [3.05, 3.63) is 59.7 Å². The smallest absolute Gasteiger partial charge is 0.272 e. The molecule has 0 spiro atoms. The van der Waals surface area contributed by atoms with Gasteiger partial charge in [0.2, 0.25) is 0 Å². The van der Waals surface area contributed by atoms with Crippen LogP contribution in [-0.4, -0.2) is 52.5 Å². The predicted molar refractivity (Wildman–Crippen MR) is 126 cm³/mol. The molecule has 1 aliphatic heterocycles. The molecule has 6 heteroatoms. The van der Waals surface area contributed by atoms with Crippen LogP contribution in [0.25, 0.3) is 5.57 Å². The van der Waals surface area contributed by atoms with E-state index in [9.17, 15) is 4.79 Å². The van der Waals surface area contributed by atoms with E-state index in [1.807, 2.05) is 74.6 Å². The number of rotatable bonds is 10. The Balaban J connectivity index is 2.31. The number of carbonyl (C=O) groups excluding carboxylic acids is 1. The van der Waals surface area contributed by atoms with E-state index >= 15 is 0 Å². The lowest BCUT2D eigenvalue weighted by molar-refractivity contribution is 0.0345. The highest BCUT2D eigenvalue weighted by molar-refractivity contribution is 5.95. The molecule has 0 fully saturated rings. The summed E-state index contributed by atoms with van der Waals surface area (Å²) in [7, 11) is 1.64. The van der Waals surface area contributed by atoms with E-state index in [0.29, 0.717) is 25.4 Å². The maximum absolute atomic E-state index is 13.4. The first-order valence-corrected chi connectivity index (χ1v) is 10.9. The molecule has 1 unspecified atom stereocenters. The quantitative estimate of drug-likeness (QED) is 0.228. The molecule has 0 radical (unpaired) electrons. The topological polar surface area (TPSA) is 56.6 Å². The van der Waals surface area contributed by atoms with E-state index in [4.69, 9.17) is 14.6 Å². The maximum Gasteiger partial charge on any atom is 0.272 e. The molecule has 0 aromatic carbocycles. The van der Waals surface area contributed by atoms with Crippen molar-refractivity contribution in [3.63, 3.8) is 0 Å². The van der Waals surface area contributed by atoms with Gasteiger partial charge in [0.25, 0.3) is 5.91 Å². The van der Waals surface area contributed by atoms with Gasteiger partial charge in [-0.15, -0.1) is 0 Å². The summed E-state index contributed by atoms with van der Waals surface area (Å²) in [6, 6.07) is 1.87. The number of hydrogen-bond acceptors (Lipinski definition) is 4. The van der Waals surface area contributed by atoms with E-state index in [0.717, 1.165) is 29.0 Å². The first-order chi connectivity index (χ1) is 14.6. The molecule has 0 aliphatic carbocycles. The van der Waals surface area contributed by atoms with Crippen LogP contribution in [0.5, 0.6) is 0 Å². The summed E-state index contributed by atoms with van der Waals surface area (Å²) < 4.78 is 12.8. The monoisotopic (exact) mass is 427 g/mol. The van der Waals surface area contributed by atoms with Gasteiger partial charge < -0.3 is 14.4 Å². The van der Waals surface area contributed by atoms with Crippen molar-refractivity contribution < 1.29 is 14.3 Å². The molecule has 6 nitrogen and oxygen atoms in total. The van der Waals surface area contributed by atoms with Crippen molar-refractivity contribution in [2.45, 2.75) is 66.2 Å². The third kappa shape index (κ3) is 5.76. The fraction of sp³-hybridized carbons (Fsp3) is 0.520. The van der Waals surface area contributed by atoms with Gasteiger partial charge in [-0.05, 0) is 71.8 Å². The van der Waals surface area contributed by atoms with Crippen LogP contribution in [0.3, 0.4) is 0 Å². The molecule has 0 saturated carbocycles. The Hall–Kier alpha value is -2.60. The summed E-state index contributed by atoms with van der Waals surface area (Å²) in [6.45, 7) is 18.0. The number of aromatic nitrogens is 2. The number of methoxy groups -OCH3 is 1. The van der Waals surface area contributed by atoms with Crippen LogP contribution in [0.15, 0.2) is 48.3 Å². The molecule has 1 aromatic heterocycles. The molecule has 0 saturated heterocycles. The van der Waals surface area contributed by atoms with Crippen LogP contribution in [0.2, 0.25) is 0 Å². The molecule has 1 aromatic rings. The van der Waals surface area contributed by atoms with Crippen molar-refractivity contribution in [2.24, 2.45) is 0 Å². The molecule has 31 heavy (non-hydrogen) atoms. The SMILES string of the molecule is C=C(C)C1(C)Cn2nc(/C(C)=C/C=C(\C=C/C)OC)cc2C(=O)N1CCCOC(C)C. The van der Waals surface area contributed by atoms with Gasteiger partial charge in [0.1, 0.15) is 11.5 Å². The van der Waals surface area contributed by atoms with Crippen LogP contribution < -0.4 is 0 Å². The summed E-state index contributed by atoms with van der Waals surface area (Å²) in [5, 5.41) is 4.73. The zero-order valence-electron chi connectivity index (χ0n) is 20.1. The van der Waals surface area contributed by atoms with Gasteiger partial charge >= 0.3 is 0 Å². The Morgan fingerprint density at radius 3 is 2.65 bits per heavy atom. The average Bonchev–Trinajstić information content (AvgIpc) is 3.13. The van der Waals surface area contributed by atoms with Crippen LogP contribution in [0.1, 0.15) is 64.1 Å². The van der Waals surface area contributed by atoms with Crippen LogP contribution in [0, 0.1) is 0 Å². The number of allylic oxidation sites excluding steroid dienone is 5. The normalized spacial score (nSPS) is 20.0. The lowest BCUT2D eigenvalue weighted by atomic mass is 9.89. The zero-order chi connectivity index (χ0) is 23.2. The summed E-state index contributed by atoms with van der Waals surface area (Å²) in [4.78, 5) is 15.3. The van der Waals surface area contributed by atoms with E-state index < -0.39 is 5.54 Å². The highest BCUT2D eigenvalue weighted by atomic mass is 16.5. The van der Waals surface area contributed by atoms with Gasteiger partial charge in [-0.1, -0.05) is 24.3 Å². The molecule has 2 heterocycles. The number of hydrogen-bond donors (Lipinski definition) is 0. The Morgan fingerprint density at radius 2 is 2.06 bits per heavy atom. The fourth-order valence-electron chi connectivity index (χ4n) is 3.55. The van der Waals surface area contributed by atoms with Gasteiger partial charge in [0.15, 0.2) is 0 Å².